The lowest BCUT2D eigenvalue weighted by atomic mass is 10.0. The smallest absolute Gasteiger partial charge is 0.322 e. The number of rotatable bonds is 4. The topological polar surface area (TPSA) is 78.6 Å². The molecule has 0 aliphatic carbocycles. The van der Waals surface area contributed by atoms with Crippen molar-refractivity contribution in [2.45, 2.75) is 44.2 Å². The Labute approximate surface area is 141 Å². The number of furan rings is 1. The summed E-state index contributed by atoms with van der Waals surface area (Å²) in [5.41, 5.74) is 0.678. The molecule has 1 fully saturated rings. The van der Waals surface area contributed by atoms with Crippen molar-refractivity contribution in [1.82, 2.24) is 9.88 Å². The van der Waals surface area contributed by atoms with E-state index in [4.69, 9.17) is 4.42 Å². The number of aliphatic hydroxyl groups excluding tert-OH is 1. The highest BCUT2D eigenvalue weighted by Crippen LogP contribution is 2.27. The molecule has 0 saturated carbocycles. The number of carbonyl (C=O) groups is 1. The zero-order valence-corrected chi connectivity index (χ0v) is 13.6. The van der Waals surface area contributed by atoms with Crippen LogP contribution in [0.1, 0.15) is 44.0 Å². The quantitative estimate of drug-likeness (QED) is 0.899. The number of pyridine rings is 1. The van der Waals surface area contributed by atoms with E-state index in [0.717, 1.165) is 25.7 Å². The Kier molecular flexibility index (Phi) is 5.48. The lowest BCUT2D eigenvalue weighted by Gasteiger charge is -2.31. The summed E-state index contributed by atoms with van der Waals surface area (Å²) in [7, 11) is 0. The average Bonchev–Trinajstić information content (AvgIpc) is 3.03. The standard InChI is InChI=1S/C18H23N3O3/c22-16(17-8-5-11-24-17)12-15-7-2-1-3-10-21(15)18(23)20-14-6-4-9-19-13-14/h4-6,8-9,11,13,15-16,22H,1-3,7,10,12H2,(H,20,23). The summed E-state index contributed by atoms with van der Waals surface area (Å²) in [6, 6.07) is 6.98. The van der Waals surface area contributed by atoms with Crippen molar-refractivity contribution in [1.29, 1.82) is 0 Å². The van der Waals surface area contributed by atoms with E-state index in [1.807, 2.05) is 11.0 Å². The fourth-order valence-corrected chi connectivity index (χ4v) is 3.18. The van der Waals surface area contributed by atoms with Crippen LogP contribution in [-0.4, -0.2) is 33.6 Å². The minimum Gasteiger partial charge on any atom is -0.467 e. The second-order valence-electron chi connectivity index (χ2n) is 6.14. The van der Waals surface area contributed by atoms with Gasteiger partial charge >= 0.3 is 6.03 Å². The minimum absolute atomic E-state index is 0.00993. The van der Waals surface area contributed by atoms with Gasteiger partial charge in [0, 0.05) is 25.2 Å². The second kappa shape index (κ2) is 7.97. The van der Waals surface area contributed by atoms with E-state index in [1.54, 1.807) is 36.9 Å². The number of amides is 2. The summed E-state index contributed by atoms with van der Waals surface area (Å²) in [5.74, 6) is 0.548. The maximum absolute atomic E-state index is 12.7. The summed E-state index contributed by atoms with van der Waals surface area (Å²) in [6.45, 7) is 0.696. The lowest BCUT2D eigenvalue weighted by Crippen LogP contribution is -2.43. The number of likely N-dealkylation sites (tertiary alicyclic amines) is 1. The number of aromatic nitrogens is 1. The number of anilines is 1. The highest BCUT2D eigenvalue weighted by molar-refractivity contribution is 5.89. The van der Waals surface area contributed by atoms with E-state index in [1.165, 1.54) is 0 Å². The number of nitrogens with one attached hydrogen (secondary N) is 1. The molecule has 6 nitrogen and oxygen atoms in total. The van der Waals surface area contributed by atoms with Crippen molar-refractivity contribution < 1.29 is 14.3 Å². The molecule has 3 rings (SSSR count). The Morgan fingerprint density at radius 1 is 1.38 bits per heavy atom. The van der Waals surface area contributed by atoms with Crippen LogP contribution in [0, 0.1) is 0 Å². The van der Waals surface area contributed by atoms with Crippen LogP contribution in [0.25, 0.3) is 0 Å². The highest BCUT2D eigenvalue weighted by Gasteiger charge is 2.28. The number of urea groups is 1. The first kappa shape index (κ1) is 16.5. The molecule has 0 spiro atoms. The molecular formula is C18H23N3O3. The van der Waals surface area contributed by atoms with Crippen molar-refractivity contribution in [3.63, 3.8) is 0 Å². The molecule has 2 N–H and O–H groups in total. The van der Waals surface area contributed by atoms with Gasteiger partial charge in [0.15, 0.2) is 0 Å². The first-order chi connectivity index (χ1) is 11.7. The van der Waals surface area contributed by atoms with Gasteiger partial charge in [0.2, 0.25) is 0 Å². The lowest BCUT2D eigenvalue weighted by molar-refractivity contribution is 0.0987. The van der Waals surface area contributed by atoms with Crippen LogP contribution >= 0.6 is 0 Å². The zero-order chi connectivity index (χ0) is 16.8. The molecule has 1 aliphatic heterocycles. The summed E-state index contributed by atoms with van der Waals surface area (Å²) < 4.78 is 5.28. The molecule has 0 aromatic carbocycles. The third kappa shape index (κ3) is 4.14. The van der Waals surface area contributed by atoms with Crippen LogP contribution in [-0.2, 0) is 0 Å². The summed E-state index contributed by atoms with van der Waals surface area (Å²) in [5, 5.41) is 13.3. The van der Waals surface area contributed by atoms with E-state index < -0.39 is 6.10 Å². The van der Waals surface area contributed by atoms with Gasteiger partial charge in [-0.1, -0.05) is 12.8 Å². The van der Waals surface area contributed by atoms with Gasteiger partial charge in [-0.2, -0.15) is 0 Å². The van der Waals surface area contributed by atoms with Crippen LogP contribution in [0.4, 0.5) is 10.5 Å². The normalized spacial score (nSPS) is 19.5. The Balaban J connectivity index is 1.68. The van der Waals surface area contributed by atoms with Gasteiger partial charge in [-0.3, -0.25) is 4.98 Å². The van der Waals surface area contributed by atoms with E-state index in [9.17, 15) is 9.90 Å². The van der Waals surface area contributed by atoms with Gasteiger partial charge in [0.1, 0.15) is 11.9 Å². The first-order valence-electron chi connectivity index (χ1n) is 8.43. The molecule has 24 heavy (non-hydrogen) atoms. The number of carbonyl (C=O) groups excluding carboxylic acids is 1. The van der Waals surface area contributed by atoms with Gasteiger partial charge in [0.05, 0.1) is 18.1 Å². The Morgan fingerprint density at radius 3 is 3.04 bits per heavy atom. The summed E-state index contributed by atoms with van der Waals surface area (Å²) in [6.07, 6.45) is 8.66. The van der Waals surface area contributed by atoms with E-state index in [2.05, 4.69) is 10.3 Å². The van der Waals surface area contributed by atoms with Crippen molar-refractivity contribution >= 4 is 11.7 Å². The minimum atomic E-state index is -0.697. The molecule has 3 heterocycles. The van der Waals surface area contributed by atoms with E-state index >= 15 is 0 Å². The largest absolute Gasteiger partial charge is 0.467 e. The van der Waals surface area contributed by atoms with Crippen molar-refractivity contribution in [3.8, 4) is 0 Å². The number of hydrogen-bond acceptors (Lipinski definition) is 4. The Morgan fingerprint density at radius 2 is 2.29 bits per heavy atom. The van der Waals surface area contributed by atoms with Gasteiger partial charge < -0.3 is 19.7 Å². The van der Waals surface area contributed by atoms with Crippen molar-refractivity contribution in [3.05, 3.63) is 48.7 Å². The molecule has 2 aromatic rings. The number of nitrogens with zero attached hydrogens (tertiary/aromatic N) is 2. The SMILES string of the molecule is O=C(Nc1cccnc1)N1CCCCCC1CC(O)c1ccco1. The molecule has 6 heteroatoms. The van der Waals surface area contributed by atoms with Gasteiger partial charge in [-0.05, 0) is 37.1 Å². The maximum Gasteiger partial charge on any atom is 0.322 e. The van der Waals surface area contributed by atoms with Crippen LogP contribution in [0.15, 0.2) is 47.3 Å². The third-order valence-electron chi connectivity index (χ3n) is 4.42. The Hall–Kier alpha value is -2.34. The van der Waals surface area contributed by atoms with Crippen LogP contribution in [0.5, 0.6) is 0 Å². The molecule has 2 amide bonds. The summed E-state index contributed by atoms with van der Waals surface area (Å²) >= 11 is 0. The van der Waals surface area contributed by atoms with Crippen molar-refractivity contribution in [2.75, 3.05) is 11.9 Å². The molecule has 0 bridgehead atoms. The molecule has 2 aromatic heterocycles. The van der Waals surface area contributed by atoms with Crippen LogP contribution in [0.3, 0.4) is 0 Å². The maximum atomic E-state index is 12.7. The molecule has 1 aliphatic rings. The summed E-state index contributed by atoms with van der Waals surface area (Å²) in [4.78, 5) is 18.5. The fraction of sp³-hybridized carbons (Fsp3) is 0.444. The predicted molar refractivity (Wildman–Crippen MR) is 90.5 cm³/mol. The second-order valence-corrected chi connectivity index (χ2v) is 6.14. The van der Waals surface area contributed by atoms with Crippen molar-refractivity contribution in [2.24, 2.45) is 0 Å². The van der Waals surface area contributed by atoms with Gasteiger partial charge in [0.25, 0.3) is 0 Å². The first-order valence-corrected chi connectivity index (χ1v) is 8.43. The van der Waals surface area contributed by atoms with Gasteiger partial charge in [-0.15, -0.1) is 0 Å². The van der Waals surface area contributed by atoms with Gasteiger partial charge in [-0.25, -0.2) is 4.79 Å². The Bertz CT molecular complexity index is 630. The predicted octanol–water partition coefficient (Wildman–Crippen LogP) is 3.57. The average molecular weight is 329 g/mol. The molecular weight excluding hydrogens is 306 g/mol. The molecule has 128 valence electrons. The van der Waals surface area contributed by atoms with E-state index in [0.29, 0.717) is 24.4 Å². The molecule has 2 atom stereocenters. The van der Waals surface area contributed by atoms with Crippen LogP contribution < -0.4 is 5.32 Å². The highest BCUT2D eigenvalue weighted by atomic mass is 16.4. The fourth-order valence-electron chi connectivity index (χ4n) is 3.18. The zero-order valence-electron chi connectivity index (χ0n) is 13.6. The number of hydrogen-bond donors (Lipinski definition) is 2. The number of aliphatic hydroxyl groups is 1. The van der Waals surface area contributed by atoms with Crippen LogP contribution in [0.2, 0.25) is 0 Å². The van der Waals surface area contributed by atoms with E-state index in [-0.39, 0.29) is 12.1 Å². The third-order valence-corrected chi connectivity index (χ3v) is 4.42. The molecule has 2 unspecified atom stereocenters. The molecule has 0 radical (unpaired) electrons. The monoisotopic (exact) mass is 329 g/mol. The molecule has 1 saturated heterocycles.